The van der Waals surface area contributed by atoms with E-state index in [4.69, 9.17) is 0 Å². The number of tetrazole rings is 1. The normalized spacial score (nSPS) is 23.3. The third kappa shape index (κ3) is 3.42. The molecule has 1 aromatic heterocycles. The highest BCUT2D eigenvalue weighted by Gasteiger charge is 2.40. The molecule has 0 amide bonds. The topological polar surface area (TPSA) is 55.6 Å². The first-order valence-electron chi connectivity index (χ1n) is 8.56. The van der Waals surface area contributed by atoms with Crippen molar-refractivity contribution in [1.82, 2.24) is 25.5 Å². The van der Waals surface area contributed by atoms with Crippen molar-refractivity contribution in [2.45, 2.75) is 68.6 Å². The molecule has 0 aromatic carbocycles. The number of nitrogens with zero attached hydrogens (tertiary/aromatic N) is 4. The van der Waals surface area contributed by atoms with Crippen LogP contribution in [0.3, 0.4) is 0 Å². The van der Waals surface area contributed by atoms with E-state index in [9.17, 15) is 0 Å². The number of nitrogens with one attached hydrogen (secondary N) is 1. The predicted octanol–water partition coefficient (Wildman–Crippen LogP) is 2.66. The molecule has 1 N–H and O–H groups in total. The summed E-state index contributed by atoms with van der Waals surface area (Å²) >= 11 is 1.81. The third-order valence-electron chi connectivity index (χ3n) is 5.11. The van der Waals surface area contributed by atoms with Gasteiger partial charge in [0.1, 0.15) is 0 Å². The molecule has 0 atom stereocenters. The van der Waals surface area contributed by atoms with Crippen molar-refractivity contribution < 1.29 is 0 Å². The Morgan fingerprint density at radius 3 is 2.48 bits per heavy atom. The van der Waals surface area contributed by atoms with Crippen LogP contribution in [0.4, 0.5) is 0 Å². The fourth-order valence-electron chi connectivity index (χ4n) is 3.66. The van der Waals surface area contributed by atoms with Gasteiger partial charge in [-0.2, -0.15) is 0 Å². The maximum atomic E-state index is 4.21. The molecule has 1 heterocycles. The number of aromatic nitrogens is 4. The molecule has 1 aromatic rings. The van der Waals surface area contributed by atoms with Crippen molar-refractivity contribution in [1.29, 1.82) is 0 Å². The highest BCUT2D eigenvalue weighted by molar-refractivity contribution is 7.99. The average molecular weight is 307 g/mol. The van der Waals surface area contributed by atoms with E-state index in [2.05, 4.69) is 25.5 Å². The maximum absolute atomic E-state index is 4.21. The zero-order valence-corrected chi connectivity index (χ0v) is 13.4. The fraction of sp³-hybridized carbons (Fsp3) is 0.933. The minimum atomic E-state index is 0.543. The van der Waals surface area contributed by atoms with E-state index in [0.717, 1.165) is 35.3 Å². The van der Waals surface area contributed by atoms with Gasteiger partial charge < -0.3 is 5.32 Å². The van der Waals surface area contributed by atoms with E-state index in [1.54, 1.807) is 0 Å². The van der Waals surface area contributed by atoms with Crippen LogP contribution in [0, 0.1) is 11.8 Å². The zero-order chi connectivity index (χ0) is 14.1. The summed E-state index contributed by atoms with van der Waals surface area (Å²) < 4.78 is 2.07. The fourth-order valence-corrected chi connectivity index (χ4v) is 4.47. The second-order valence-electron chi connectivity index (χ2n) is 6.85. The van der Waals surface area contributed by atoms with Crippen molar-refractivity contribution in [3.8, 4) is 0 Å². The monoisotopic (exact) mass is 307 g/mol. The average Bonchev–Trinajstić information content (AvgIpc) is 3.41. The van der Waals surface area contributed by atoms with Gasteiger partial charge in [0.05, 0.1) is 6.04 Å². The van der Waals surface area contributed by atoms with Crippen LogP contribution in [0.5, 0.6) is 0 Å². The Kier molecular flexibility index (Phi) is 4.16. The zero-order valence-electron chi connectivity index (χ0n) is 12.6. The smallest absolute Gasteiger partial charge is 0.209 e. The van der Waals surface area contributed by atoms with Crippen LogP contribution in [0.2, 0.25) is 0 Å². The highest BCUT2D eigenvalue weighted by atomic mass is 32.2. The lowest BCUT2D eigenvalue weighted by Crippen LogP contribution is -2.34. The molecule has 0 spiro atoms. The van der Waals surface area contributed by atoms with Gasteiger partial charge in [0, 0.05) is 18.3 Å². The summed E-state index contributed by atoms with van der Waals surface area (Å²) in [5.41, 5.74) is 0. The SMILES string of the molecule is C1CCC(n2nnnc2SCCNC(C2CC2)C2CC2)C1. The van der Waals surface area contributed by atoms with Gasteiger partial charge in [-0.15, -0.1) is 5.10 Å². The van der Waals surface area contributed by atoms with Gasteiger partial charge in [0.2, 0.25) is 5.16 Å². The summed E-state index contributed by atoms with van der Waals surface area (Å²) in [5, 5.41) is 17.1. The van der Waals surface area contributed by atoms with Crippen LogP contribution < -0.4 is 5.32 Å². The molecular weight excluding hydrogens is 282 g/mol. The van der Waals surface area contributed by atoms with Crippen molar-refractivity contribution >= 4 is 11.8 Å². The van der Waals surface area contributed by atoms with Gasteiger partial charge in [0.25, 0.3) is 0 Å². The molecule has 0 unspecified atom stereocenters. The molecular formula is C15H25N5S. The van der Waals surface area contributed by atoms with E-state index >= 15 is 0 Å². The van der Waals surface area contributed by atoms with Crippen molar-refractivity contribution in [3.63, 3.8) is 0 Å². The largest absolute Gasteiger partial charge is 0.313 e. The number of thioether (sulfide) groups is 1. The lowest BCUT2D eigenvalue weighted by atomic mass is 10.1. The number of hydrogen-bond acceptors (Lipinski definition) is 5. The Morgan fingerprint density at radius 1 is 1.10 bits per heavy atom. The lowest BCUT2D eigenvalue weighted by molar-refractivity contribution is 0.421. The molecule has 3 aliphatic carbocycles. The summed E-state index contributed by atoms with van der Waals surface area (Å²) in [4.78, 5) is 0. The van der Waals surface area contributed by atoms with E-state index < -0.39 is 0 Å². The van der Waals surface area contributed by atoms with Gasteiger partial charge in [-0.3, -0.25) is 0 Å². The van der Waals surface area contributed by atoms with Crippen molar-refractivity contribution in [3.05, 3.63) is 0 Å². The first-order valence-corrected chi connectivity index (χ1v) is 9.54. The summed E-state index contributed by atoms with van der Waals surface area (Å²) in [6.07, 6.45) is 10.9. The Labute approximate surface area is 130 Å². The van der Waals surface area contributed by atoms with Gasteiger partial charge in [-0.05, 0) is 60.8 Å². The second kappa shape index (κ2) is 6.24. The summed E-state index contributed by atoms with van der Waals surface area (Å²) in [7, 11) is 0. The number of hydrogen-bond donors (Lipinski definition) is 1. The second-order valence-corrected chi connectivity index (χ2v) is 7.91. The van der Waals surface area contributed by atoms with Crippen molar-refractivity contribution in [2.24, 2.45) is 11.8 Å². The molecule has 4 rings (SSSR count). The lowest BCUT2D eigenvalue weighted by Gasteiger charge is -2.17. The molecule has 116 valence electrons. The molecule has 0 aliphatic heterocycles. The molecule has 0 bridgehead atoms. The minimum Gasteiger partial charge on any atom is -0.313 e. The molecule has 0 saturated heterocycles. The summed E-state index contributed by atoms with van der Waals surface area (Å²) in [5.74, 6) is 3.03. The van der Waals surface area contributed by atoms with E-state index in [-0.39, 0.29) is 0 Å². The summed E-state index contributed by atoms with van der Waals surface area (Å²) in [6, 6.07) is 1.34. The predicted molar refractivity (Wildman–Crippen MR) is 83.3 cm³/mol. The van der Waals surface area contributed by atoms with Crippen LogP contribution >= 0.6 is 11.8 Å². The Bertz CT molecular complexity index is 450. The van der Waals surface area contributed by atoms with Crippen LogP contribution in [-0.4, -0.2) is 38.5 Å². The number of rotatable bonds is 8. The Balaban J connectivity index is 1.24. The minimum absolute atomic E-state index is 0.543. The third-order valence-corrected chi connectivity index (χ3v) is 6.04. The highest BCUT2D eigenvalue weighted by Crippen LogP contribution is 2.44. The van der Waals surface area contributed by atoms with Gasteiger partial charge in [0.15, 0.2) is 0 Å². The van der Waals surface area contributed by atoms with Crippen LogP contribution in [0.1, 0.15) is 57.4 Å². The Hall–Kier alpha value is -0.620. The van der Waals surface area contributed by atoms with Gasteiger partial charge in [-0.1, -0.05) is 24.6 Å². The first-order chi connectivity index (χ1) is 10.4. The van der Waals surface area contributed by atoms with Gasteiger partial charge in [-0.25, -0.2) is 4.68 Å². The van der Waals surface area contributed by atoms with Crippen molar-refractivity contribution in [2.75, 3.05) is 12.3 Å². The van der Waals surface area contributed by atoms with E-state index in [1.807, 2.05) is 11.8 Å². The Morgan fingerprint density at radius 2 is 1.81 bits per heavy atom. The molecule has 21 heavy (non-hydrogen) atoms. The van der Waals surface area contributed by atoms with Crippen LogP contribution in [-0.2, 0) is 0 Å². The first kappa shape index (κ1) is 14.0. The standard InChI is InChI=1S/C15H25N5S/c1-2-4-13(3-1)20-15(17-18-19-20)21-10-9-16-14(11-5-6-11)12-7-8-12/h11-14,16H,1-10H2. The van der Waals surface area contributed by atoms with Gasteiger partial charge >= 0.3 is 0 Å². The maximum Gasteiger partial charge on any atom is 0.209 e. The molecule has 3 aliphatic rings. The molecule has 3 fully saturated rings. The molecule has 6 heteroatoms. The quantitative estimate of drug-likeness (QED) is 0.591. The van der Waals surface area contributed by atoms with E-state index in [0.29, 0.717) is 6.04 Å². The van der Waals surface area contributed by atoms with E-state index in [1.165, 1.54) is 51.4 Å². The molecule has 3 saturated carbocycles. The molecule has 0 radical (unpaired) electrons. The van der Waals surface area contributed by atoms with Crippen LogP contribution in [0.15, 0.2) is 5.16 Å². The van der Waals surface area contributed by atoms with Crippen LogP contribution in [0.25, 0.3) is 0 Å². The summed E-state index contributed by atoms with van der Waals surface area (Å²) in [6.45, 7) is 1.08. The molecule has 5 nitrogen and oxygen atoms in total.